The molecule has 0 bridgehead atoms. The highest BCUT2D eigenvalue weighted by Crippen LogP contribution is 2.39. The standard InChI is InChI=1S/C26H28N2O3/c1-4-17-7-6-8-18(5-2)23(17)27-24(29)19-10-12-20(13-11-19)28-25(30)21-14-9-16(3)15-22(21)26(28)31/h6-13,21-22H,4-5,14-15H2,1-3H3,(H,27,29)/t21-,22+/m0/s1. The molecule has 2 aromatic carbocycles. The Morgan fingerprint density at radius 2 is 1.58 bits per heavy atom. The molecular formula is C26H28N2O3. The summed E-state index contributed by atoms with van der Waals surface area (Å²) in [4.78, 5) is 39.9. The van der Waals surface area contributed by atoms with Crippen molar-refractivity contribution < 1.29 is 14.4 Å². The minimum atomic E-state index is -0.266. The molecule has 2 atom stereocenters. The van der Waals surface area contributed by atoms with Gasteiger partial charge in [-0.1, -0.05) is 43.7 Å². The monoisotopic (exact) mass is 416 g/mol. The molecule has 5 heteroatoms. The fourth-order valence-electron chi connectivity index (χ4n) is 4.64. The largest absolute Gasteiger partial charge is 0.321 e. The topological polar surface area (TPSA) is 66.5 Å². The van der Waals surface area contributed by atoms with Crippen molar-refractivity contribution in [3.63, 3.8) is 0 Å². The van der Waals surface area contributed by atoms with Gasteiger partial charge in [-0.25, -0.2) is 0 Å². The zero-order valence-corrected chi connectivity index (χ0v) is 18.3. The molecule has 0 aromatic heterocycles. The van der Waals surface area contributed by atoms with Crippen LogP contribution in [0.2, 0.25) is 0 Å². The van der Waals surface area contributed by atoms with Gasteiger partial charge < -0.3 is 5.32 Å². The third-order valence-electron chi connectivity index (χ3n) is 6.45. The molecule has 5 nitrogen and oxygen atoms in total. The first-order chi connectivity index (χ1) is 14.9. The number of imide groups is 1. The van der Waals surface area contributed by atoms with Gasteiger partial charge in [0.2, 0.25) is 11.8 Å². The van der Waals surface area contributed by atoms with Crippen LogP contribution in [0.5, 0.6) is 0 Å². The number of fused-ring (bicyclic) bond motifs is 1. The molecule has 1 fully saturated rings. The van der Waals surface area contributed by atoms with E-state index < -0.39 is 0 Å². The molecule has 4 rings (SSSR count). The second kappa shape index (κ2) is 8.50. The van der Waals surface area contributed by atoms with Crippen molar-refractivity contribution in [1.82, 2.24) is 0 Å². The highest BCUT2D eigenvalue weighted by atomic mass is 16.2. The number of nitrogens with zero attached hydrogens (tertiary/aromatic N) is 1. The summed E-state index contributed by atoms with van der Waals surface area (Å²) in [6.45, 7) is 6.14. The molecule has 1 aliphatic heterocycles. The van der Waals surface area contributed by atoms with E-state index in [9.17, 15) is 14.4 Å². The lowest BCUT2D eigenvalue weighted by atomic mass is 9.82. The zero-order valence-electron chi connectivity index (χ0n) is 18.3. The Morgan fingerprint density at radius 1 is 0.968 bits per heavy atom. The van der Waals surface area contributed by atoms with Crippen LogP contribution in [-0.4, -0.2) is 17.7 Å². The molecule has 0 radical (unpaired) electrons. The molecule has 1 N–H and O–H groups in total. The Bertz CT molecular complexity index is 1050. The van der Waals surface area contributed by atoms with E-state index in [1.54, 1.807) is 24.3 Å². The van der Waals surface area contributed by atoms with Crippen LogP contribution in [0.4, 0.5) is 11.4 Å². The Morgan fingerprint density at radius 3 is 2.19 bits per heavy atom. The molecule has 2 aliphatic rings. The Labute approximate surface area is 183 Å². The van der Waals surface area contributed by atoms with E-state index in [2.05, 4.69) is 25.2 Å². The van der Waals surface area contributed by atoms with E-state index >= 15 is 0 Å². The van der Waals surface area contributed by atoms with Crippen LogP contribution >= 0.6 is 0 Å². The van der Waals surface area contributed by atoms with Crippen LogP contribution in [0.1, 0.15) is 55.1 Å². The zero-order chi connectivity index (χ0) is 22.1. The SMILES string of the molecule is CCc1cccc(CC)c1NC(=O)c1ccc(N2C(=O)[C@H]3CC=C(C)C[C@H]3C2=O)cc1. The van der Waals surface area contributed by atoms with Crippen molar-refractivity contribution in [2.75, 3.05) is 10.2 Å². The molecule has 3 amide bonds. The summed E-state index contributed by atoms with van der Waals surface area (Å²) < 4.78 is 0. The van der Waals surface area contributed by atoms with E-state index in [0.29, 0.717) is 24.1 Å². The number of carbonyl (C=O) groups is 3. The molecule has 1 heterocycles. The average Bonchev–Trinajstić information content (AvgIpc) is 3.03. The molecule has 0 spiro atoms. The lowest BCUT2D eigenvalue weighted by Crippen LogP contribution is -2.30. The van der Waals surface area contributed by atoms with Gasteiger partial charge in [0.25, 0.3) is 5.91 Å². The van der Waals surface area contributed by atoms with Gasteiger partial charge in [-0.2, -0.15) is 0 Å². The molecule has 1 saturated heterocycles. The molecule has 0 unspecified atom stereocenters. The highest BCUT2D eigenvalue weighted by molar-refractivity contribution is 6.22. The van der Waals surface area contributed by atoms with Crippen molar-refractivity contribution in [3.05, 3.63) is 70.8 Å². The van der Waals surface area contributed by atoms with Crippen LogP contribution in [0.15, 0.2) is 54.1 Å². The number of hydrogen-bond acceptors (Lipinski definition) is 3. The van der Waals surface area contributed by atoms with Crippen LogP contribution in [0, 0.1) is 11.8 Å². The van der Waals surface area contributed by atoms with Gasteiger partial charge in [-0.05, 0) is 68.0 Å². The minimum absolute atomic E-state index is 0.135. The molecule has 2 aromatic rings. The van der Waals surface area contributed by atoms with Gasteiger partial charge in [0.05, 0.1) is 17.5 Å². The predicted octanol–water partition coefficient (Wildman–Crippen LogP) is 4.91. The van der Waals surface area contributed by atoms with Gasteiger partial charge in [-0.3, -0.25) is 19.3 Å². The van der Waals surface area contributed by atoms with Gasteiger partial charge in [0.15, 0.2) is 0 Å². The maximum atomic E-state index is 12.9. The van der Waals surface area contributed by atoms with E-state index in [-0.39, 0.29) is 29.6 Å². The summed E-state index contributed by atoms with van der Waals surface area (Å²) in [6, 6.07) is 12.8. The first kappa shape index (κ1) is 21.0. The molecular weight excluding hydrogens is 388 g/mol. The third-order valence-corrected chi connectivity index (χ3v) is 6.45. The summed E-state index contributed by atoms with van der Waals surface area (Å²) in [5, 5.41) is 3.06. The number of hydrogen-bond donors (Lipinski definition) is 1. The second-order valence-corrected chi connectivity index (χ2v) is 8.37. The highest BCUT2D eigenvalue weighted by Gasteiger charge is 2.48. The number of amides is 3. The van der Waals surface area contributed by atoms with Crippen LogP contribution in [0.25, 0.3) is 0 Å². The Hall–Kier alpha value is -3.21. The van der Waals surface area contributed by atoms with Crippen LogP contribution in [-0.2, 0) is 22.4 Å². The fraction of sp³-hybridized carbons (Fsp3) is 0.346. The van der Waals surface area contributed by atoms with Crippen molar-refractivity contribution in [3.8, 4) is 0 Å². The second-order valence-electron chi connectivity index (χ2n) is 8.37. The summed E-state index contributed by atoms with van der Waals surface area (Å²) in [5.74, 6) is -1.00. The number of carbonyl (C=O) groups excluding carboxylic acids is 3. The number of para-hydroxylation sites is 1. The molecule has 1 aliphatic carbocycles. The van der Waals surface area contributed by atoms with Crippen molar-refractivity contribution in [1.29, 1.82) is 0 Å². The minimum Gasteiger partial charge on any atom is -0.321 e. The first-order valence-electron chi connectivity index (χ1n) is 11.0. The van der Waals surface area contributed by atoms with Gasteiger partial charge in [0.1, 0.15) is 0 Å². The maximum absolute atomic E-state index is 12.9. The first-order valence-corrected chi connectivity index (χ1v) is 11.0. The van der Waals surface area contributed by atoms with Crippen LogP contribution in [0.3, 0.4) is 0 Å². The third kappa shape index (κ3) is 3.80. The van der Waals surface area contributed by atoms with Gasteiger partial charge in [-0.15, -0.1) is 0 Å². The van der Waals surface area contributed by atoms with E-state index in [4.69, 9.17) is 0 Å². The van der Waals surface area contributed by atoms with Gasteiger partial charge in [0, 0.05) is 11.3 Å². The Balaban J connectivity index is 1.54. The smallest absolute Gasteiger partial charge is 0.255 e. The van der Waals surface area contributed by atoms with Crippen LogP contribution < -0.4 is 10.2 Å². The van der Waals surface area contributed by atoms with Crippen molar-refractivity contribution >= 4 is 29.1 Å². The maximum Gasteiger partial charge on any atom is 0.255 e. The summed E-state index contributed by atoms with van der Waals surface area (Å²) >= 11 is 0. The number of benzene rings is 2. The number of rotatable bonds is 5. The lowest BCUT2D eigenvalue weighted by Gasteiger charge is -2.18. The Kier molecular flexibility index (Phi) is 5.77. The fourth-order valence-corrected chi connectivity index (χ4v) is 4.64. The number of nitrogens with one attached hydrogen (secondary N) is 1. The lowest BCUT2D eigenvalue weighted by molar-refractivity contribution is -0.122. The van der Waals surface area contributed by atoms with Crippen molar-refractivity contribution in [2.24, 2.45) is 11.8 Å². The quantitative estimate of drug-likeness (QED) is 0.556. The van der Waals surface area contributed by atoms with Crippen molar-refractivity contribution in [2.45, 2.75) is 46.5 Å². The summed E-state index contributed by atoms with van der Waals surface area (Å²) in [5.41, 5.74) is 5.26. The number of anilines is 2. The predicted molar refractivity (Wildman–Crippen MR) is 122 cm³/mol. The average molecular weight is 417 g/mol. The van der Waals surface area contributed by atoms with E-state index in [1.807, 2.05) is 25.1 Å². The summed E-state index contributed by atoms with van der Waals surface area (Å²) in [6.07, 6.45) is 4.98. The van der Waals surface area contributed by atoms with E-state index in [1.165, 1.54) is 4.90 Å². The molecule has 31 heavy (non-hydrogen) atoms. The van der Waals surface area contributed by atoms with E-state index in [0.717, 1.165) is 35.2 Å². The number of aryl methyl sites for hydroxylation is 2. The molecule has 0 saturated carbocycles. The summed E-state index contributed by atoms with van der Waals surface area (Å²) in [7, 11) is 0. The van der Waals surface area contributed by atoms with Gasteiger partial charge >= 0.3 is 0 Å². The number of allylic oxidation sites excluding steroid dienone is 2. The molecule has 160 valence electrons. The normalized spacial score (nSPS) is 20.5.